The van der Waals surface area contributed by atoms with E-state index in [0.29, 0.717) is 18.8 Å². The molecule has 0 atom stereocenters. The number of pyridine rings is 1. The van der Waals surface area contributed by atoms with Crippen molar-refractivity contribution < 1.29 is 4.74 Å². The zero-order valence-corrected chi connectivity index (χ0v) is 16.9. The summed E-state index contributed by atoms with van der Waals surface area (Å²) in [5.41, 5.74) is 5.22. The number of benzene rings is 1. The molecule has 5 nitrogen and oxygen atoms in total. The lowest BCUT2D eigenvalue weighted by Gasteiger charge is -2.29. The van der Waals surface area contributed by atoms with E-state index < -0.39 is 0 Å². The molecular formula is C22H28N4O. The van der Waals surface area contributed by atoms with Gasteiger partial charge in [0.05, 0.1) is 18.8 Å². The molecule has 0 saturated carbocycles. The fourth-order valence-corrected chi connectivity index (χ4v) is 3.27. The molecule has 2 aromatic rings. The maximum absolute atomic E-state index is 9.59. The molecule has 1 saturated heterocycles. The summed E-state index contributed by atoms with van der Waals surface area (Å²) in [6.45, 7) is 13.6. The van der Waals surface area contributed by atoms with Crippen LogP contribution in [0, 0.1) is 25.2 Å². The van der Waals surface area contributed by atoms with E-state index in [1.165, 1.54) is 11.1 Å². The number of aryl methyl sites for hydroxylation is 2. The van der Waals surface area contributed by atoms with Gasteiger partial charge in [0.1, 0.15) is 17.7 Å². The summed E-state index contributed by atoms with van der Waals surface area (Å²) < 4.78 is 5.44. The molecule has 0 unspecified atom stereocenters. The first-order chi connectivity index (χ1) is 12.8. The van der Waals surface area contributed by atoms with Crippen LogP contribution in [0.4, 0.5) is 17.3 Å². The molecule has 0 radical (unpaired) electrons. The van der Waals surface area contributed by atoms with Gasteiger partial charge in [0, 0.05) is 18.8 Å². The van der Waals surface area contributed by atoms with Gasteiger partial charge in [-0.25, -0.2) is 4.98 Å². The Labute approximate surface area is 162 Å². The lowest BCUT2D eigenvalue weighted by atomic mass is 9.86. The molecule has 1 aliphatic heterocycles. The van der Waals surface area contributed by atoms with Crippen LogP contribution < -0.4 is 10.2 Å². The molecule has 1 N–H and O–H groups in total. The Balaban J connectivity index is 1.94. The Bertz CT molecular complexity index is 871. The Morgan fingerprint density at radius 1 is 1.11 bits per heavy atom. The third-order valence-electron chi connectivity index (χ3n) is 4.98. The van der Waals surface area contributed by atoms with Crippen molar-refractivity contribution in [2.45, 2.75) is 40.0 Å². The summed E-state index contributed by atoms with van der Waals surface area (Å²) in [6, 6.07) is 10.8. The van der Waals surface area contributed by atoms with Crippen molar-refractivity contribution in [2.24, 2.45) is 0 Å². The van der Waals surface area contributed by atoms with Crippen LogP contribution in [0.2, 0.25) is 0 Å². The van der Waals surface area contributed by atoms with Crippen molar-refractivity contribution in [2.75, 3.05) is 36.5 Å². The highest BCUT2D eigenvalue weighted by Crippen LogP contribution is 2.30. The number of rotatable bonds is 3. The second kappa shape index (κ2) is 7.58. The number of aromatic nitrogens is 1. The topological polar surface area (TPSA) is 61.2 Å². The molecule has 1 fully saturated rings. The van der Waals surface area contributed by atoms with E-state index in [4.69, 9.17) is 9.72 Å². The first-order valence-electron chi connectivity index (χ1n) is 9.42. The first kappa shape index (κ1) is 19.2. The SMILES string of the molecule is Cc1cc(C(C)(C)C)ccc1Nc1cc(C)c(C#N)c(N2CCOCC2)n1. The second-order valence-electron chi connectivity index (χ2n) is 8.14. The van der Waals surface area contributed by atoms with Gasteiger partial charge in [-0.05, 0) is 48.1 Å². The maximum Gasteiger partial charge on any atom is 0.149 e. The standard InChI is InChI=1S/C22H28N4O/c1-15-13-20(24-19-7-6-17(12-16(19)2)22(3,4)5)25-21(18(15)14-23)26-8-10-27-11-9-26/h6-7,12-13H,8-11H2,1-5H3,(H,24,25). The van der Waals surface area contributed by atoms with Gasteiger partial charge in [0.15, 0.2) is 0 Å². The average Bonchev–Trinajstić information content (AvgIpc) is 2.63. The lowest BCUT2D eigenvalue weighted by Crippen LogP contribution is -2.37. The Morgan fingerprint density at radius 2 is 1.81 bits per heavy atom. The van der Waals surface area contributed by atoms with E-state index in [2.05, 4.69) is 62.2 Å². The molecule has 1 aromatic carbocycles. The van der Waals surface area contributed by atoms with Crippen LogP contribution in [0.3, 0.4) is 0 Å². The van der Waals surface area contributed by atoms with Crippen LogP contribution in [0.25, 0.3) is 0 Å². The zero-order chi connectivity index (χ0) is 19.6. The van der Waals surface area contributed by atoms with E-state index in [9.17, 15) is 5.26 Å². The van der Waals surface area contributed by atoms with Gasteiger partial charge in [0.25, 0.3) is 0 Å². The number of nitrogens with zero attached hydrogens (tertiary/aromatic N) is 3. The van der Waals surface area contributed by atoms with Crippen molar-refractivity contribution in [3.63, 3.8) is 0 Å². The Morgan fingerprint density at radius 3 is 2.41 bits per heavy atom. The van der Waals surface area contributed by atoms with Crippen LogP contribution in [0.1, 0.15) is 43.0 Å². The van der Waals surface area contributed by atoms with E-state index >= 15 is 0 Å². The fraction of sp³-hybridized carbons (Fsp3) is 0.455. The number of hydrogen-bond donors (Lipinski definition) is 1. The summed E-state index contributed by atoms with van der Waals surface area (Å²) in [4.78, 5) is 6.91. The minimum Gasteiger partial charge on any atom is -0.378 e. The molecule has 142 valence electrons. The van der Waals surface area contributed by atoms with Gasteiger partial charge < -0.3 is 15.0 Å². The van der Waals surface area contributed by atoms with E-state index in [0.717, 1.165) is 36.0 Å². The summed E-state index contributed by atoms with van der Waals surface area (Å²) in [5, 5.41) is 13.0. The molecule has 0 spiro atoms. The zero-order valence-electron chi connectivity index (χ0n) is 16.9. The Kier molecular flexibility index (Phi) is 5.38. The Hall–Kier alpha value is -2.58. The number of morpholine rings is 1. The average molecular weight is 364 g/mol. The van der Waals surface area contributed by atoms with E-state index in [1.807, 2.05) is 13.0 Å². The highest BCUT2D eigenvalue weighted by molar-refractivity contribution is 5.67. The fourth-order valence-electron chi connectivity index (χ4n) is 3.27. The number of nitrogens with one attached hydrogen (secondary N) is 1. The summed E-state index contributed by atoms with van der Waals surface area (Å²) in [5.74, 6) is 1.51. The summed E-state index contributed by atoms with van der Waals surface area (Å²) >= 11 is 0. The smallest absolute Gasteiger partial charge is 0.149 e. The minimum atomic E-state index is 0.121. The largest absolute Gasteiger partial charge is 0.378 e. The molecule has 1 aliphatic rings. The van der Waals surface area contributed by atoms with E-state index in [1.54, 1.807) is 0 Å². The lowest BCUT2D eigenvalue weighted by molar-refractivity contribution is 0.122. The van der Waals surface area contributed by atoms with Gasteiger partial charge in [-0.15, -0.1) is 0 Å². The number of nitriles is 1. The third kappa shape index (κ3) is 4.23. The molecule has 3 rings (SSSR count). The van der Waals surface area contributed by atoms with Gasteiger partial charge >= 0.3 is 0 Å². The monoisotopic (exact) mass is 364 g/mol. The quantitative estimate of drug-likeness (QED) is 0.872. The molecule has 5 heteroatoms. The third-order valence-corrected chi connectivity index (χ3v) is 4.98. The normalized spacial score (nSPS) is 14.7. The highest BCUT2D eigenvalue weighted by Gasteiger charge is 2.20. The molecule has 27 heavy (non-hydrogen) atoms. The maximum atomic E-state index is 9.59. The molecular weight excluding hydrogens is 336 g/mol. The second-order valence-corrected chi connectivity index (χ2v) is 8.14. The van der Waals surface area contributed by atoms with Crippen molar-refractivity contribution >= 4 is 17.3 Å². The molecule has 1 aromatic heterocycles. The van der Waals surface area contributed by atoms with Gasteiger partial charge in [-0.3, -0.25) is 0 Å². The minimum absolute atomic E-state index is 0.121. The van der Waals surface area contributed by atoms with Crippen LogP contribution in [-0.4, -0.2) is 31.3 Å². The molecule has 0 amide bonds. The summed E-state index contributed by atoms with van der Waals surface area (Å²) in [6.07, 6.45) is 0. The van der Waals surface area contributed by atoms with Gasteiger partial charge in [0.2, 0.25) is 0 Å². The molecule has 2 heterocycles. The number of ether oxygens (including phenoxy) is 1. The summed E-state index contributed by atoms with van der Waals surface area (Å²) in [7, 11) is 0. The first-order valence-corrected chi connectivity index (χ1v) is 9.42. The molecule has 0 bridgehead atoms. The highest BCUT2D eigenvalue weighted by atomic mass is 16.5. The van der Waals surface area contributed by atoms with E-state index in [-0.39, 0.29) is 5.41 Å². The van der Waals surface area contributed by atoms with Crippen LogP contribution in [0.5, 0.6) is 0 Å². The van der Waals surface area contributed by atoms with Crippen molar-refractivity contribution in [3.8, 4) is 6.07 Å². The van der Waals surface area contributed by atoms with Crippen LogP contribution in [0.15, 0.2) is 24.3 Å². The van der Waals surface area contributed by atoms with Crippen molar-refractivity contribution in [1.29, 1.82) is 5.26 Å². The number of anilines is 3. The van der Waals surface area contributed by atoms with Crippen molar-refractivity contribution in [3.05, 3.63) is 46.5 Å². The predicted molar refractivity (Wildman–Crippen MR) is 110 cm³/mol. The predicted octanol–water partition coefficient (Wildman–Crippen LogP) is 4.45. The molecule has 0 aliphatic carbocycles. The number of hydrogen-bond acceptors (Lipinski definition) is 5. The van der Waals surface area contributed by atoms with Crippen molar-refractivity contribution in [1.82, 2.24) is 4.98 Å². The van der Waals surface area contributed by atoms with Crippen LogP contribution in [-0.2, 0) is 10.2 Å². The van der Waals surface area contributed by atoms with Crippen LogP contribution >= 0.6 is 0 Å². The van der Waals surface area contributed by atoms with Gasteiger partial charge in [-0.2, -0.15) is 5.26 Å². The van der Waals surface area contributed by atoms with Gasteiger partial charge in [-0.1, -0.05) is 32.9 Å².